The summed E-state index contributed by atoms with van der Waals surface area (Å²) >= 11 is 0. The molecule has 1 heterocycles. The summed E-state index contributed by atoms with van der Waals surface area (Å²) in [6.07, 6.45) is 2.94. The van der Waals surface area contributed by atoms with Gasteiger partial charge in [0.25, 0.3) is 5.91 Å². The zero-order chi connectivity index (χ0) is 20.5. The topological polar surface area (TPSA) is 60.0 Å². The van der Waals surface area contributed by atoms with E-state index in [9.17, 15) is 4.79 Å². The molecule has 0 aromatic heterocycles. The lowest BCUT2D eigenvalue weighted by molar-refractivity contribution is 0.0573. The van der Waals surface area contributed by atoms with Gasteiger partial charge in [0, 0.05) is 44.3 Å². The molecule has 6 heteroatoms. The van der Waals surface area contributed by atoms with Gasteiger partial charge in [0.15, 0.2) is 11.5 Å². The van der Waals surface area contributed by atoms with Crippen molar-refractivity contribution in [2.45, 2.75) is 65.1 Å². The van der Waals surface area contributed by atoms with Crippen LogP contribution < -0.4 is 14.8 Å². The van der Waals surface area contributed by atoms with Crippen molar-refractivity contribution in [3.63, 3.8) is 0 Å². The van der Waals surface area contributed by atoms with Gasteiger partial charge < -0.3 is 24.4 Å². The molecule has 1 fully saturated rings. The minimum atomic E-state index is 0.0309. The number of piperidine rings is 1. The summed E-state index contributed by atoms with van der Waals surface area (Å²) in [5.41, 5.74) is 0.636. The summed E-state index contributed by atoms with van der Waals surface area (Å²) in [5, 5.41) is 3.41. The molecule has 1 atom stereocenters. The molecule has 1 N–H and O–H groups in total. The number of nitrogens with zero attached hydrogens (tertiary/aromatic N) is 1. The van der Waals surface area contributed by atoms with E-state index < -0.39 is 0 Å². The maximum Gasteiger partial charge on any atom is 0.254 e. The van der Waals surface area contributed by atoms with Crippen molar-refractivity contribution < 1.29 is 19.0 Å². The molecule has 28 heavy (non-hydrogen) atoms. The second kappa shape index (κ2) is 11.3. The van der Waals surface area contributed by atoms with Crippen molar-refractivity contribution in [2.75, 3.05) is 33.4 Å². The Morgan fingerprint density at radius 3 is 2.61 bits per heavy atom. The highest BCUT2D eigenvalue weighted by Crippen LogP contribution is 2.31. The van der Waals surface area contributed by atoms with E-state index in [0.717, 1.165) is 32.4 Å². The first kappa shape index (κ1) is 22.5. The molecule has 1 amide bonds. The molecule has 0 saturated carbocycles. The van der Waals surface area contributed by atoms with Crippen molar-refractivity contribution in [3.05, 3.63) is 23.8 Å². The van der Waals surface area contributed by atoms with E-state index in [1.54, 1.807) is 7.11 Å². The molecular formula is C22H36N2O4. The fourth-order valence-electron chi connectivity index (χ4n) is 3.53. The normalized spacial score (nSPS) is 17.0. The van der Waals surface area contributed by atoms with Gasteiger partial charge in [-0.15, -0.1) is 0 Å². The minimum absolute atomic E-state index is 0.0309. The van der Waals surface area contributed by atoms with E-state index in [0.29, 0.717) is 30.3 Å². The number of benzene rings is 1. The van der Waals surface area contributed by atoms with E-state index in [-0.39, 0.29) is 24.1 Å². The lowest BCUT2D eigenvalue weighted by atomic mass is 10.0. The summed E-state index contributed by atoms with van der Waals surface area (Å²) in [5.74, 6) is 1.32. The molecule has 0 spiro atoms. The van der Waals surface area contributed by atoms with Gasteiger partial charge in [-0.1, -0.05) is 0 Å². The van der Waals surface area contributed by atoms with Crippen LogP contribution in [0, 0.1) is 0 Å². The molecule has 1 aromatic rings. The van der Waals surface area contributed by atoms with Gasteiger partial charge >= 0.3 is 0 Å². The number of methoxy groups -OCH3 is 1. The second-order valence-corrected chi connectivity index (χ2v) is 7.83. The van der Waals surface area contributed by atoms with E-state index in [2.05, 4.69) is 19.2 Å². The third-order valence-corrected chi connectivity index (χ3v) is 4.76. The average Bonchev–Trinajstić information content (AvgIpc) is 2.66. The second-order valence-electron chi connectivity index (χ2n) is 7.83. The van der Waals surface area contributed by atoms with Crippen LogP contribution in [0.25, 0.3) is 0 Å². The Morgan fingerprint density at radius 2 is 2.00 bits per heavy atom. The molecular weight excluding hydrogens is 356 g/mol. The summed E-state index contributed by atoms with van der Waals surface area (Å²) in [4.78, 5) is 15.3. The standard InChI is InChI=1S/C22H36N2O4/c1-16(2)24(19-8-6-11-23-15-19)22(25)18-9-10-20(28-17(3)4)21(14-18)27-13-7-12-26-5/h9-10,14,16-17,19,23H,6-8,11-13,15H2,1-5H3. The first-order valence-electron chi connectivity index (χ1n) is 10.4. The van der Waals surface area contributed by atoms with Crippen molar-refractivity contribution in [1.29, 1.82) is 0 Å². The molecule has 1 saturated heterocycles. The van der Waals surface area contributed by atoms with Crippen LogP contribution in [0.15, 0.2) is 18.2 Å². The highest BCUT2D eigenvalue weighted by atomic mass is 16.5. The number of carbonyl (C=O) groups excluding carboxylic acids is 1. The predicted molar refractivity (Wildman–Crippen MR) is 111 cm³/mol. The Hall–Kier alpha value is -1.79. The smallest absolute Gasteiger partial charge is 0.254 e. The number of carbonyl (C=O) groups is 1. The van der Waals surface area contributed by atoms with Crippen LogP contribution >= 0.6 is 0 Å². The largest absolute Gasteiger partial charge is 0.490 e. The zero-order valence-corrected chi connectivity index (χ0v) is 18.0. The van der Waals surface area contributed by atoms with Crippen LogP contribution in [0.4, 0.5) is 0 Å². The number of hydrogen-bond donors (Lipinski definition) is 1. The minimum Gasteiger partial charge on any atom is -0.490 e. The van der Waals surface area contributed by atoms with E-state index >= 15 is 0 Å². The van der Waals surface area contributed by atoms with Crippen molar-refractivity contribution in [2.24, 2.45) is 0 Å². The first-order valence-corrected chi connectivity index (χ1v) is 10.4. The van der Waals surface area contributed by atoms with Crippen molar-refractivity contribution >= 4 is 5.91 Å². The van der Waals surface area contributed by atoms with Crippen LogP contribution in [0.5, 0.6) is 11.5 Å². The third-order valence-electron chi connectivity index (χ3n) is 4.76. The number of amides is 1. The molecule has 0 bridgehead atoms. The van der Waals surface area contributed by atoms with Gasteiger partial charge in [0.05, 0.1) is 12.7 Å². The fourth-order valence-corrected chi connectivity index (χ4v) is 3.53. The Morgan fingerprint density at radius 1 is 1.21 bits per heavy atom. The highest BCUT2D eigenvalue weighted by Gasteiger charge is 2.29. The van der Waals surface area contributed by atoms with Crippen LogP contribution in [-0.2, 0) is 4.74 Å². The van der Waals surface area contributed by atoms with Gasteiger partial charge in [-0.05, 0) is 65.3 Å². The Kier molecular flexibility index (Phi) is 9.06. The lowest BCUT2D eigenvalue weighted by Crippen LogP contribution is -2.51. The summed E-state index contributed by atoms with van der Waals surface area (Å²) in [6, 6.07) is 5.86. The van der Waals surface area contributed by atoms with Crippen molar-refractivity contribution in [1.82, 2.24) is 10.2 Å². The average molecular weight is 393 g/mol. The zero-order valence-electron chi connectivity index (χ0n) is 18.0. The summed E-state index contributed by atoms with van der Waals surface area (Å²) in [7, 11) is 1.67. The van der Waals surface area contributed by atoms with Crippen LogP contribution in [0.2, 0.25) is 0 Å². The number of hydrogen-bond acceptors (Lipinski definition) is 5. The molecule has 1 aliphatic heterocycles. The molecule has 0 aliphatic carbocycles. The SMILES string of the molecule is COCCCOc1cc(C(=O)N(C(C)C)C2CCCNC2)ccc1OC(C)C. The molecule has 1 unspecified atom stereocenters. The first-order chi connectivity index (χ1) is 13.4. The maximum absolute atomic E-state index is 13.3. The van der Waals surface area contributed by atoms with Gasteiger partial charge in [-0.3, -0.25) is 4.79 Å². The lowest BCUT2D eigenvalue weighted by Gasteiger charge is -2.37. The Balaban J connectivity index is 2.22. The monoisotopic (exact) mass is 392 g/mol. The third kappa shape index (κ3) is 6.38. The fraction of sp³-hybridized carbons (Fsp3) is 0.682. The van der Waals surface area contributed by atoms with Gasteiger partial charge in [0.1, 0.15) is 0 Å². The van der Waals surface area contributed by atoms with Gasteiger partial charge in [0.2, 0.25) is 0 Å². The molecule has 1 aromatic carbocycles. The maximum atomic E-state index is 13.3. The number of nitrogens with one attached hydrogen (secondary N) is 1. The Bertz CT molecular complexity index is 613. The molecule has 0 radical (unpaired) electrons. The molecule has 2 rings (SSSR count). The summed E-state index contributed by atoms with van der Waals surface area (Å²) in [6.45, 7) is 11.1. The number of ether oxygens (including phenoxy) is 3. The van der Waals surface area contributed by atoms with Crippen LogP contribution in [0.3, 0.4) is 0 Å². The number of rotatable bonds is 10. The molecule has 6 nitrogen and oxygen atoms in total. The van der Waals surface area contributed by atoms with Crippen molar-refractivity contribution in [3.8, 4) is 11.5 Å². The summed E-state index contributed by atoms with van der Waals surface area (Å²) < 4.78 is 16.9. The van der Waals surface area contributed by atoms with Crippen LogP contribution in [0.1, 0.15) is 57.3 Å². The van der Waals surface area contributed by atoms with E-state index in [4.69, 9.17) is 14.2 Å². The Labute approximate surface area is 169 Å². The highest BCUT2D eigenvalue weighted by molar-refractivity contribution is 5.95. The van der Waals surface area contributed by atoms with Gasteiger partial charge in [-0.25, -0.2) is 0 Å². The quantitative estimate of drug-likeness (QED) is 0.618. The molecule has 1 aliphatic rings. The predicted octanol–water partition coefficient (Wildman–Crippen LogP) is 3.49. The van der Waals surface area contributed by atoms with Gasteiger partial charge in [-0.2, -0.15) is 0 Å². The van der Waals surface area contributed by atoms with E-state index in [1.165, 1.54) is 0 Å². The van der Waals surface area contributed by atoms with Crippen LogP contribution in [-0.4, -0.2) is 62.4 Å². The van der Waals surface area contributed by atoms with E-state index in [1.807, 2.05) is 36.9 Å². The molecule has 158 valence electrons.